The molecule has 2 aliphatic heterocycles. The van der Waals surface area contributed by atoms with Crippen molar-refractivity contribution in [3.63, 3.8) is 0 Å². The fraction of sp³-hybridized carbons (Fsp3) is 1.00. The summed E-state index contributed by atoms with van der Waals surface area (Å²) in [6, 6.07) is -2.69. The minimum absolute atomic E-state index is 0.0408. The molecule has 0 radical (unpaired) electrons. The third kappa shape index (κ3) is 5.63. The average molecular weight is 346 g/mol. The molecule has 2 saturated heterocycles. The summed E-state index contributed by atoms with van der Waals surface area (Å²) in [6.45, 7) is 15.5. The number of alkyl halides is 2. The summed E-state index contributed by atoms with van der Waals surface area (Å²) in [5, 5.41) is 0. The van der Waals surface area contributed by atoms with Crippen LogP contribution < -0.4 is 0 Å². The molecule has 0 aliphatic carbocycles. The van der Waals surface area contributed by atoms with Gasteiger partial charge in [-0.15, -0.1) is 0 Å². The number of rotatable bonds is 7. The summed E-state index contributed by atoms with van der Waals surface area (Å²) in [5.74, 6) is 0.943. The minimum atomic E-state index is -2.62. The minimum Gasteiger partial charge on any atom is -0.301 e. The van der Waals surface area contributed by atoms with Gasteiger partial charge in [0.2, 0.25) is 0 Å². The Morgan fingerprint density at radius 1 is 1.00 bits per heavy atom. The number of piperazine rings is 1. The van der Waals surface area contributed by atoms with Crippen LogP contribution in [0.2, 0.25) is 0 Å². The molecular formula is C19H37F2N3. The van der Waals surface area contributed by atoms with Gasteiger partial charge in [0, 0.05) is 51.7 Å². The van der Waals surface area contributed by atoms with Crippen molar-refractivity contribution in [1.29, 1.82) is 0 Å². The standard InChI is InChI=1S/C19H37F2N3/c1-5-17(4)15-23-12-10-22(11-13-23)8-6-18-7-9-24(16(2)3)19(20,21)14-18/h16-18H,5-15H2,1-4H3. The molecule has 142 valence electrons. The summed E-state index contributed by atoms with van der Waals surface area (Å²) < 4.78 is 28.5. The molecule has 24 heavy (non-hydrogen) atoms. The SMILES string of the molecule is CCC(C)CN1CCN(CCC2CCN(C(C)C)C(F)(F)C2)CC1. The Hall–Kier alpha value is -0.260. The van der Waals surface area contributed by atoms with E-state index in [4.69, 9.17) is 0 Å². The molecule has 2 heterocycles. The molecule has 0 spiro atoms. The van der Waals surface area contributed by atoms with Crippen molar-refractivity contribution in [2.75, 3.05) is 45.8 Å². The Morgan fingerprint density at radius 2 is 1.62 bits per heavy atom. The maximum atomic E-state index is 14.2. The van der Waals surface area contributed by atoms with Gasteiger partial charge in [-0.05, 0) is 45.1 Å². The van der Waals surface area contributed by atoms with Gasteiger partial charge in [-0.3, -0.25) is 0 Å². The average Bonchev–Trinajstić information content (AvgIpc) is 2.52. The predicted octanol–water partition coefficient (Wildman–Crippen LogP) is 3.75. The lowest BCUT2D eigenvalue weighted by molar-refractivity contribution is -0.193. The molecule has 2 unspecified atom stereocenters. The fourth-order valence-electron chi connectivity index (χ4n) is 4.06. The van der Waals surface area contributed by atoms with E-state index in [9.17, 15) is 8.78 Å². The molecule has 2 fully saturated rings. The summed E-state index contributed by atoms with van der Waals surface area (Å²) in [6.07, 6.45) is 3.12. The first-order chi connectivity index (χ1) is 11.3. The van der Waals surface area contributed by atoms with E-state index in [1.165, 1.54) is 17.9 Å². The van der Waals surface area contributed by atoms with Crippen molar-refractivity contribution in [2.24, 2.45) is 11.8 Å². The normalized spacial score (nSPS) is 28.4. The molecule has 2 aliphatic rings. The molecule has 0 N–H and O–H groups in total. The first-order valence-corrected chi connectivity index (χ1v) is 9.91. The molecule has 0 aromatic heterocycles. The van der Waals surface area contributed by atoms with Crippen LogP contribution in [0.1, 0.15) is 53.4 Å². The zero-order valence-corrected chi connectivity index (χ0v) is 16.1. The zero-order valence-electron chi connectivity index (χ0n) is 16.1. The Labute approximate surface area is 147 Å². The number of hydrogen-bond acceptors (Lipinski definition) is 3. The van der Waals surface area contributed by atoms with Gasteiger partial charge in [0.25, 0.3) is 0 Å². The molecule has 2 atom stereocenters. The van der Waals surface area contributed by atoms with Gasteiger partial charge in [0.05, 0.1) is 0 Å². The highest BCUT2D eigenvalue weighted by Crippen LogP contribution is 2.37. The second-order valence-electron chi connectivity index (χ2n) is 8.26. The van der Waals surface area contributed by atoms with E-state index >= 15 is 0 Å². The first-order valence-electron chi connectivity index (χ1n) is 9.91. The summed E-state index contributed by atoms with van der Waals surface area (Å²) in [4.78, 5) is 6.40. The van der Waals surface area contributed by atoms with Gasteiger partial charge >= 0.3 is 6.05 Å². The van der Waals surface area contributed by atoms with Gasteiger partial charge in [-0.2, -0.15) is 8.78 Å². The van der Waals surface area contributed by atoms with Crippen LogP contribution in [-0.2, 0) is 0 Å². The van der Waals surface area contributed by atoms with Crippen molar-refractivity contribution in [1.82, 2.24) is 14.7 Å². The highest BCUT2D eigenvalue weighted by Gasteiger charge is 2.44. The van der Waals surface area contributed by atoms with E-state index in [1.54, 1.807) is 0 Å². The quantitative estimate of drug-likeness (QED) is 0.651. The molecule has 0 aromatic carbocycles. The lowest BCUT2D eigenvalue weighted by atomic mass is 9.91. The van der Waals surface area contributed by atoms with E-state index in [1.807, 2.05) is 13.8 Å². The van der Waals surface area contributed by atoms with E-state index in [0.717, 1.165) is 51.5 Å². The highest BCUT2D eigenvalue weighted by molar-refractivity contribution is 4.84. The van der Waals surface area contributed by atoms with E-state index in [-0.39, 0.29) is 18.4 Å². The first kappa shape index (κ1) is 20.1. The van der Waals surface area contributed by atoms with Crippen LogP contribution in [0.15, 0.2) is 0 Å². The number of piperidine rings is 1. The zero-order chi connectivity index (χ0) is 17.7. The van der Waals surface area contributed by atoms with Crippen molar-refractivity contribution < 1.29 is 8.78 Å². The smallest absolute Gasteiger partial charge is 0.301 e. The lowest BCUT2D eigenvalue weighted by Crippen LogP contribution is -2.52. The van der Waals surface area contributed by atoms with Gasteiger partial charge < -0.3 is 9.80 Å². The molecule has 0 amide bonds. The maximum absolute atomic E-state index is 14.2. The molecule has 0 bridgehead atoms. The Kier molecular flexibility index (Phi) is 7.44. The fourth-order valence-corrected chi connectivity index (χ4v) is 4.06. The number of likely N-dealkylation sites (tertiary alicyclic amines) is 1. The van der Waals surface area contributed by atoms with Crippen LogP contribution >= 0.6 is 0 Å². The predicted molar refractivity (Wildman–Crippen MR) is 96.5 cm³/mol. The number of nitrogens with zero attached hydrogens (tertiary/aromatic N) is 3. The Bertz CT molecular complexity index is 368. The second kappa shape index (κ2) is 8.91. The highest BCUT2D eigenvalue weighted by atomic mass is 19.3. The van der Waals surface area contributed by atoms with Gasteiger partial charge in [-0.1, -0.05) is 20.3 Å². The van der Waals surface area contributed by atoms with Crippen LogP contribution in [0.3, 0.4) is 0 Å². The van der Waals surface area contributed by atoms with Crippen molar-refractivity contribution in [3.05, 3.63) is 0 Å². The summed E-state index contributed by atoms with van der Waals surface area (Å²) in [5.41, 5.74) is 0. The monoisotopic (exact) mass is 345 g/mol. The van der Waals surface area contributed by atoms with Crippen LogP contribution in [0, 0.1) is 11.8 Å². The molecule has 5 heteroatoms. The molecular weight excluding hydrogens is 308 g/mol. The Morgan fingerprint density at radius 3 is 2.17 bits per heavy atom. The van der Waals surface area contributed by atoms with Crippen LogP contribution in [0.5, 0.6) is 0 Å². The largest absolute Gasteiger partial charge is 0.305 e. The van der Waals surface area contributed by atoms with E-state index in [0.29, 0.717) is 6.54 Å². The third-order valence-electron chi connectivity index (χ3n) is 5.94. The number of hydrogen-bond donors (Lipinski definition) is 0. The Balaban J connectivity index is 1.68. The van der Waals surface area contributed by atoms with Crippen molar-refractivity contribution in [3.8, 4) is 0 Å². The van der Waals surface area contributed by atoms with Crippen LogP contribution in [0.25, 0.3) is 0 Å². The number of halogens is 2. The topological polar surface area (TPSA) is 9.72 Å². The van der Waals surface area contributed by atoms with Gasteiger partial charge in [0.1, 0.15) is 0 Å². The van der Waals surface area contributed by atoms with Crippen molar-refractivity contribution in [2.45, 2.75) is 65.5 Å². The van der Waals surface area contributed by atoms with E-state index < -0.39 is 6.05 Å². The van der Waals surface area contributed by atoms with Gasteiger partial charge in [-0.25, -0.2) is 4.90 Å². The summed E-state index contributed by atoms with van der Waals surface area (Å²) in [7, 11) is 0. The van der Waals surface area contributed by atoms with Crippen molar-refractivity contribution >= 4 is 0 Å². The molecule has 0 aromatic rings. The molecule has 3 nitrogen and oxygen atoms in total. The molecule has 0 saturated carbocycles. The third-order valence-corrected chi connectivity index (χ3v) is 5.94. The summed E-state index contributed by atoms with van der Waals surface area (Å²) >= 11 is 0. The van der Waals surface area contributed by atoms with E-state index in [2.05, 4.69) is 23.6 Å². The molecule has 2 rings (SSSR count). The maximum Gasteiger partial charge on any atom is 0.305 e. The van der Waals surface area contributed by atoms with Crippen LogP contribution in [0.4, 0.5) is 8.78 Å². The van der Waals surface area contributed by atoms with Crippen LogP contribution in [-0.4, -0.2) is 72.6 Å². The van der Waals surface area contributed by atoms with Gasteiger partial charge in [0.15, 0.2) is 0 Å². The lowest BCUT2D eigenvalue weighted by Gasteiger charge is -2.42. The second-order valence-corrected chi connectivity index (χ2v) is 8.26.